The van der Waals surface area contributed by atoms with Gasteiger partial charge >= 0.3 is 0 Å². The van der Waals surface area contributed by atoms with Crippen molar-refractivity contribution in [2.45, 2.75) is 6.10 Å². The topological polar surface area (TPSA) is 93.7 Å². The Balaban J connectivity index is 1.61. The van der Waals surface area contributed by atoms with Crippen LogP contribution in [0.1, 0.15) is 32.5 Å². The number of aromatic nitrogens is 2. The Kier molecular flexibility index (Phi) is 6.49. The first kappa shape index (κ1) is 20.9. The van der Waals surface area contributed by atoms with Gasteiger partial charge in [-0.3, -0.25) is 14.6 Å². The molecule has 2 amide bonds. The maximum Gasteiger partial charge on any atom is 0.254 e. The lowest BCUT2D eigenvalue weighted by Gasteiger charge is -2.33. The van der Waals surface area contributed by atoms with Crippen molar-refractivity contribution in [3.63, 3.8) is 0 Å². The van der Waals surface area contributed by atoms with E-state index >= 15 is 0 Å². The van der Waals surface area contributed by atoms with Crippen molar-refractivity contribution in [2.24, 2.45) is 0 Å². The van der Waals surface area contributed by atoms with Crippen molar-refractivity contribution in [3.8, 4) is 0 Å². The van der Waals surface area contributed by atoms with Crippen molar-refractivity contribution in [1.82, 2.24) is 20.2 Å². The fraction of sp³-hybridized carbons (Fsp3) is 0.304. The summed E-state index contributed by atoms with van der Waals surface area (Å²) in [4.78, 5) is 36.1. The van der Waals surface area contributed by atoms with Crippen molar-refractivity contribution < 1.29 is 19.1 Å². The monoisotopic (exact) mass is 420 g/mol. The van der Waals surface area contributed by atoms with Crippen molar-refractivity contribution in [1.29, 1.82) is 0 Å². The quantitative estimate of drug-likeness (QED) is 0.615. The first-order chi connectivity index (χ1) is 15.2. The first-order valence-corrected chi connectivity index (χ1v) is 10.1. The summed E-state index contributed by atoms with van der Waals surface area (Å²) in [6.45, 7) is 2.09. The van der Waals surface area contributed by atoms with E-state index in [0.717, 1.165) is 5.39 Å². The number of rotatable bonds is 6. The van der Waals surface area contributed by atoms with E-state index in [1.54, 1.807) is 42.6 Å². The second kappa shape index (κ2) is 9.63. The third-order valence-corrected chi connectivity index (χ3v) is 5.18. The van der Waals surface area contributed by atoms with Crippen LogP contribution in [0.25, 0.3) is 10.9 Å². The molecule has 1 N–H and O–H groups in total. The molecular formula is C23H24N4O4. The summed E-state index contributed by atoms with van der Waals surface area (Å²) >= 11 is 0. The minimum Gasteiger partial charge on any atom is -0.383 e. The van der Waals surface area contributed by atoms with Gasteiger partial charge in [0.15, 0.2) is 0 Å². The molecule has 0 saturated carbocycles. The van der Waals surface area contributed by atoms with Gasteiger partial charge in [-0.1, -0.05) is 18.2 Å². The van der Waals surface area contributed by atoms with Crippen LogP contribution >= 0.6 is 0 Å². The molecule has 3 aromatic rings. The number of morpholine rings is 1. The highest BCUT2D eigenvalue weighted by Gasteiger charge is 2.28. The van der Waals surface area contributed by atoms with Gasteiger partial charge in [-0.25, -0.2) is 4.98 Å². The molecule has 0 unspecified atom stereocenters. The van der Waals surface area contributed by atoms with Gasteiger partial charge < -0.3 is 19.7 Å². The number of nitrogens with zero attached hydrogens (tertiary/aromatic N) is 3. The summed E-state index contributed by atoms with van der Waals surface area (Å²) in [5.74, 6) is -0.272. The second-order valence-corrected chi connectivity index (χ2v) is 7.21. The largest absolute Gasteiger partial charge is 0.383 e. The van der Waals surface area contributed by atoms with Crippen LogP contribution in [-0.2, 0) is 9.47 Å². The number of para-hydroxylation sites is 1. The number of hydrogen-bond donors (Lipinski definition) is 1. The van der Waals surface area contributed by atoms with E-state index in [2.05, 4.69) is 10.3 Å². The molecule has 1 aliphatic heterocycles. The summed E-state index contributed by atoms with van der Waals surface area (Å²) in [5, 5.41) is 3.63. The molecule has 0 radical (unpaired) electrons. The number of methoxy groups -OCH3 is 1. The first-order valence-electron chi connectivity index (χ1n) is 10.1. The molecule has 3 heterocycles. The van der Waals surface area contributed by atoms with Crippen molar-refractivity contribution >= 4 is 22.7 Å². The highest BCUT2D eigenvalue weighted by Crippen LogP contribution is 2.26. The number of benzene rings is 1. The number of hydrogen-bond acceptors (Lipinski definition) is 6. The van der Waals surface area contributed by atoms with Gasteiger partial charge in [-0.05, 0) is 24.3 Å². The van der Waals surface area contributed by atoms with E-state index in [1.165, 1.54) is 0 Å². The Labute approximate surface area is 180 Å². The molecule has 1 aliphatic rings. The van der Waals surface area contributed by atoms with Crippen molar-refractivity contribution in [3.05, 3.63) is 71.7 Å². The number of amides is 2. The molecule has 31 heavy (non-hydrogen) atoms. The lowest BCUT2D eigenvalue weighted by atomic mass is 10.0. The summed E-state index contributed by atoms with van der Waals surface area (Å²) in [5.41, 5.74) is 2.44. The fourth-order valence-electron chi connectivity index (χ4n) is 3.60. The summed E-state index contributed by atoms with van der Waals surface area (Å²) in [7, 11) is 1.59. The van der Waals surface area contributed by atoms with Crippen LogP contribution in [0.3, 0.4) is 0 Å². The van der Waals surface area contributed by atoms with Gasteiger partial charge in [-0.2, -0.15) is 0 Å². The molecule has 1 fully saturated rings. The van der Waals surface area contributed by atoms with E-state index in [4.69, 9.17) is 14.5 Å². The molecule has 0 spiro atoms. The smallest absolute Gasteiger partial charge is 0.254 e. The maximum atomic E-state index is 12.9. The number of nitrogens with one attached hydrogen (secondary N) is 1. The highest BCUT2D eigenvalue weighted by molar-refractivity contribution is 6.06. The summed E-state index contributed by atoms with van der Waals surface area (Å²) in [6, 6.07) is 12.7. The van der Waals surface area contributed by atoms with E-state index in [9.17, 15) is 9.59 Å². The average Bonchev–Trinajstić information content (AvgIpc) is 2.83. The van der Waals surface area contributed by atoms with E-state index in [-0.39, 0.29) is 11.8 Å². The lowest BCUT2D eigenvalue weighted by molar-refractivity contribution is -0.0246. The van der Waals surface area contributed by atoms with E-state index in [1.807, 2.05) is 24.3 Å². The van der Waals surface area contributed by atoms with E-state index < -0.39 is 6.10 Å². The molecule has 1 saturated heterocycles. The van der Waals surface area contributed by atoms with E-state index in [0.29, 0.717) is 55.2 Å². The van der Waals surface area contributed by atoms with Crippen LogP contribution in [0, 0.1) is 0 Å². The van der Waals surface area contributed by atoms with Gasteiger partial charge in [0.05, 0.1) is 36.5 Å². The predicted octanol–water partition coefficient (Wildman–Crippen LogP) is 2.22. The number of carbonyl (C=O) groups is 2. The third kappa shape index (κ3) is 4.70. The molecule has 1 aromatic carbocycles. The molecule has 8 nitrogen and oxygen atoms in total. The van der Waals surface area contributed by atoms with Crippen LogP contribution in [0.4, 0.5) is 0 Å². The number of fused-ring (bicyclic) bond motifs is 1. The summed E-state index contributed by atoms with van der Waals surface area (Å²) in [6.07, 6.45) is 2.78. The molecular weight excluding hydrogens is 396 g/mol. The number of carbonyl (C=O) groups excluding carboxylic acids is 2. The molecule has 0 aliphatic carbocycles. The molecule has 4 rings (SSSR count). The Morgan fingerprint density at radius 2 is 2.03 bits per heavy atom. The zero-order chi connectivity index (χ0) is 21.6. The minimum atomic E-state index is -0.422. The van der Waals surface area contributed by atoms with Crippen molar-refractivity contribution in [2.75, 3.05) is 40.0 Å². The number of pyridine rings is 2. The molecule has 0 bridgehead atoms. The predicted molar refractivity (Wildman–Crippen MR) is 115 cm³/mol. The fourth-order valence-corrected chi connectivity index (χ4v) is 3.60. The lowest BCUT2D eigenvalue weighted by Crippen LogP contribution is -2.42. The average molecular weight is 420 g/mol. The van der Waals surface area contributed by atoms with Crippen LogP contribution < -0.4 is 5.32 Å². The minimum absolute atomic E-state index is 0.0750. The SMILES string of the molecule is COCCNC(=O)c1cc([C@@H]2CN(C(=O)c3ccncc3)CCO2)nc2ccccc12. The molecule has 8 heteroatoms. The zero-order valence-corrected chi connectivity index (χ0v) is 17.3. The number of ether oxygens (including phenoxy) is 2. The Bertz CT molecular complexity index is 1070. The van der Waals surface area contributed by atoms with Gasteiger partial charge in [0.2, 0.25) is 0 Å². The van der Waals surface area contributed by atoms with Crippen LogP contribution in [0.2, 0.25) is 0 Å². The van der Waals surface area contributed by atoms with Gasteiger partial charge in [-0.15, -0.1) is 0 Å². The zero-order valence-electron chi connectivity index (χ0n) is 17.3. The van der Waals surface area contributed by atoms with Crippen LogP contribution in [0.5, 0.6) is 0 Å². The summed E-state index contributed by atoms with van der Waals surface area (Å²) < 4.78 is 11.0. The highest BCUT2D eigenvalue weighted by atomic mass is 16.5. The maximum absolute atomic E-state index is 12.9. The molecule has 160 valence electrons. The normalized spacial score (nSPS) is 16.3. The van der Waals surface area contributed by atoms with Gasteiger partial charge in [0.1, 0.15) is 6.10 Å². The van der Waals surface area contributed by atoms with Crippen LogP contribution in [0.15, 0.2) is 54.9 Å². The standard InChI is InChI=1S/C23H24N4O4/c1-30-12-10-25-22(28)18-14-20(26-19-5-3-2-4-17(18)19)21-15-27(11-13-31-21)23(29)16-6-8-24-9-7-16/h2-9,14,21H,10-13,15H2,1H3,(H,25,28)/t21-/m0/s1. The van der Waals surface area contributed by atoms with Gasteiger partial charge in [0, 0.05) is 43.5 Å². The third-order valence-electron chi connectivity index (χ3n) is 5.18. The van der Waals surface area contributed by atoms with Gasteiger partial charge in [0.25, 0.3) is 11.8 Å². The Morgan fingerprint density at radius 1 is 1.23 bits per heavy atom. The van der Waals surface area contributed by atoms with Crippen LogP contribution in [-0.4, -0.2) is 66.6 Å². The second-order valence-electron chi connectivity index (χ2n) is 7.21. The molecule has 1 atom stereocenters. The molecule has 2 aromatic heterocycles. The Morgan fingerprint density at radius 3 is 2.84 bits per heavy atom. The Hall–Kier alpha value is -3.36.